The Kier molecular flexibility index (Phi) is 8.34. The van der Waals surface area contributed by atoms with Gasteiger partial charge in [-0.05, 0) is 48.0 Å². The van der Waals surface area contributed by atoms with Crippen molar-refractivity contribution in [3.63, 3.8) is 0 Å². The van der Waals surface area contributed by atoms with Crippen LogP contribution in [0.15, 0.2) is 60.7 Å². The maximum absolute atomic E-state index is 11.5. The lowest BCUT2D eigenvalue weighted by molar-refractivity contribution is -0.355. The lowest BCUT2D eigenvalue weighted by atomic mass is 9.79. The highest BCUT2D eigenvalue weighted by Gasteiger charge is 2.58. The smallest absolute Gasteiger partial charge is 0.304 e. The zero-order valence-electron chi connectivity index (χ0n) is 25.0. The van der Waals surface area contributed by atoms with Crippen LogP contribution in [0.2, 0.25) is 5.04 Å². The van der Waals surface area contributed by atoms with Gasteiger partial charge >= 0.3 is 5.97 Å². The lowest BCUT2D eigenvalue weighted by Gasteiger charge is -2.53. The molecular weight excluding hydrogens is 520 g/mol. The summed E-state index contributed by atoms with van der Waals surface area (Å²) in [6.45, 7) is 13.3. The van der Waals surface area contributed by atoms with Crippen molar-refractivity contribution in [1.29, 1.82) is 0 Å². The van der Waals surface area contributed by atoms with Crippen LogP contribution in [0.4, 0.5) is 0 Å². The molecule has 3 aliphatic heterocycles. The summed E-state index contributed by atoms with van der Waals surface area (Å²) in [4.78, 5) is 11.5. The summed E-state index contributed by atoms with van der Waals surface area (Å²) in [6, 6.07) is 21.6. The van der Waals surface area contributed by atoms with E-state index in [0.717, 1.165) is 32.1 Å². The van der Waals surface area contributed by atoms with Crippen LogP contribution in [0.25, 0.3) is 0 Å². The number of carbonyl (C=O) groups is 1. The molecule has 5 rings (SSSR count). The second-order valence-corrected chi connectivity index (χ2v) is 17.4. The van der Waals surface area contributed by atoms with Crippen molar-refractivity contribution in [2.24, 2.45) is 5.92 Å². The fourth-order valence-electron chi connectivity index (χ4n) is 7.15. The first-order valence-electron chi connectivity index (χ1n) is 14.9. The Morgan fingerprint density at radius 1 is 0.950 bits per heavy atom. The number of benzene rings is 2. The van der Waals surface area contributed by atoms with Crippen LogP contribution in [-0.4, -0.2) is 50.8 Å². The third-order valence-electron chi connectivity index (χ3n) is 9.28. The maximum Gasteiger partial charge on any atom is 0.304 e. The number of fused-ring (bicyclic) bond motifs is 1. The van der Waals surface area contributed by atoms with Gasteiger partial charge in [0.2, 0.25) is 6.29 Å². The summed E-state index contributed by atoms with van der Waals surface area (Å²) in [5.41, 5.74) is -0.367. The molecule has 0 amide bonds. The SMILES string of the molecule is CC(=O)OC1C[C@H](C)[C@]2(CC[C@]3(C)O[C@H](CCO[Si](c4ccccc4)(c4ccccc4)C(C)(C)C)CC[C@H]3O2)O1. The molecule has 40 heavy (non-hydrogen) atoms. The molecule has 0 aliphatic carbocycles. The van der Waals surface area contributed by atoms with E-state index < -0.39 is 20.4 Å². The first-order chi connectivity index (χ1) is 19.0. The van der Waals surface area contributed by atoms with Crippen LogP contribution in [0.3, 0.4) is 0 Å². The van der Waals surface area contributed by atoms with Crippen LogP contribution in [0.1, 0.15) is 80.1 Å². The van der Waals surface area contributed by atoms with E-state index in [4.69, 9.17) is 23.4 Å². The van der Waals surface area contributed by atoms with Crippen LogP contribution < -0.4 is 10.4 Å². The van der Waals surface area contributed by atoms with Crippen LogP contribution >= 0.6 is 0 Å². The Morgan fingerprint density at radius 3 is 2.15 bits per heavy atom. The van der Waals surface area contributed by atoms with Crippen LogP contribution in [-0.2, 0) is 28.2 Å². The second-order valence-electron chi connectivity index (χ2n) is 13.1. The molecule has 3 saturated heterocycles. The fourth-order valence-corrected chi connectivity index (χ4v) is 11.7. The predicted molar refractivity (Wildman–Crippen MR) is 158 cm³/mol. The number of carbonyl (C=O) groups excluding carboxylic acids is 1. The molecule has 3 fully saturated rings. The molecular formula is C33H46O6Si. The molecule has 218 valence electrons. The van der Waals surface area contributed by atoms with E-state index in [-0.39, 0.29) is 34.7 Å². The molecule has 3 heterocycles. The highest BCUT2D eigenvalue weighted by Crippen LogP contribution is 2.51. The average Bonchev–Trinajstić information content (AvgIpc) is 3.20. The minimum atomic E-state index is -2.57. The van der Waals surface area contributed by atoms with Gasteiger partial charge in [0, 0.05) is 32.3 Å². The first kappa shape index (κ1) is 29.5. The van der Waals surface area contributed by atoms with Crippen molar-refractivity contribution in [3.05, 3.63) is 60.7 Å². The molecule has 1 unspecified atom stereocenters. The number of ether oxygens (including phenoxy) is 4. The van der Waals surface area contributed by atoms with E-state index >= 15 is 0 Å². The standard InChI is InChI=1S/C33H46O6Si/c1-24-23-30(36-25(2)34)39-33(24)21-20-32(6)29(38-33)18-17-26(37-32)19-22-35-40(31(3,4)5,27-13-9-7-10-14-27)28-15-11-8-12-16-28/h7-16,24,26,29-30H,17-23H2,1-6H3/t24-,26-,29+,30?,32-,33-/m0/s1. The Labute approximate surface area is 240 Å². The fraction of sp³-hybridized carbons (Fsp3) is 0.606. The molecule has 1 spiro atoms. The summed E-state index contributed by atoms with van der Waals surface area (Å²) >= 11 is 0. The van der Waals surface area contributed by atoms with E-state index in [9.17, 15) is 4.79 Å². The Balaban J connectivity index is 1.26. The third-order valence-corrected chi connectivity index (χ3v) is 14.3. The van der Waals surface area contributed by atoms with E-state index in [2.05, 4.69) is 95.3 Å². The predicted octanol–water partition coefficient (Wildman–Crippen LogP) is 5.71. The van der Waals surface area contributed by atoms with Crippen molar-refractivity contribution in [2.75, 3.05) is 6.61 Å². The van der Waals surface area contributed by atoms with Crippen molar-refractivity contribution in [1.82, 2.24) is 0 Å². The first-order valence-corrected chi connectivity index (χ1v) is 16.8. The Hall–Kier alpha value is -2.03. The molecule has 7 heteroatoms. The third kappa shape index (κ3) is 5.56. The molecule has 0 bridgehead atoms. The van der Waals surface area contributed by atoms with Crippen molar-refractivity contribution in [3.8, 4) is 0 Å². The monoisotopic (exact) mass is 566 g/mol. The quantitative estimate of drug-likeness (QED) is 0.316. The molecule has 3 aliphatic rings. The van der Waals surface area contributed by atoms with E-state index in [0.29, 0.717) is 13.0 Å². The summed E-state index contributed by atoms with van der Waals surface area (Å²) < 4.78 is 32.2. The molecule has 0 N–H and O–H groups in total. The highest BCUT2D eigenvalue weighted by atomic mass is 28.4. The minimum absolute atomic E-state index is 0.0476. The summed E-state index contributed by atoms with van der Waals surface area (Å²) in [7, 11) is -2.57. The van der Waals surface area contributed by atoms with Gasteiger partial charge in [-0.1, -0.05) is 88.4 Å². The molecule has 2 aromatic rings. The van der Waals surface area contributed by atoms with Gasteiger partial charge < -0.3 is 23.4 Å². The zero-order chi connectivity index (χ0) is 28.6. The van der Waals surface area contributed by atoms with Gasteiger partial charge in [-0.3, -0.25) is 4.79 Å². The topological polar surface area (TPSA) is 63.2 Å². The molecule has 6 atom stereocenters. The summed E-state index contributed by atoms with van der Waals surface area (Å²) in [6.07, 6.45) is 4.45. The Morgan fingerprint density at radius 2 is 1.57 bits per heavy atom. The molecule has 0 radical (unpaired) electrons. The van der Waals surface area contributed by atoms with Gasteiger partial charge in [0.1, 0.15) is 0 Å². The summed E-state index contributed by atoms with van der Waals surface area (Å²) in [5.74, 6) is -0.870. The van der Waals surface area contributed by atoms with Crippen LogP contribution in [0, 0.1) is 5.92 Å². The maximum atomic E-state index is 11.5. The van der Waals surface area contributed by atoms with Crippen molar-refractivity contribution < 1.29 is 28.2 Å². The van der Waals surface area contributed by atoms with E-state index in [1.807, 2.05) is 0 Å². The lowest BCUT2D eigenvalue weighted by Crippen LogP contribution is -2.66. The molecule has 0 saturated carbocycles. The van der Waals surface area contributed by atoms with Crippen LogP contribution in [0.5, 0.6) is 0 Å². The molecule has 2 aromatic carbocycles. The highest BCUT2D eigenvalue weighted by molar-refractivity contribution is 6.99. The molecule has 0 aromatic heterocycles. The average molecular weight is 567 g/mol. The normalized spacial score (nSPS) is 32.5. The van der Waals surface area contributed by atoms with Gasteiger partial charge in [-0.25, -0.2) is 0 Å². The van der Waals surface area contributed by atoms with E-state index in [1.165, 1.54) is 17.3 Å². The van der Waals surface area contributed by atoms with Gasteiger partial charge in [-0.15, -0.1) is 0 Å². The van der Waals surface area contributed by atoms with Gasteiger partial charge in [0.15, 0.2) is 5.79 Å². The Bertz CT molecular complexity index is 1110. The van der Waals surface area contributed by atoms with Gasteiger partial charge in [0.25, 0.3) is 8.32 Å². The number of hydrogen-bond donors (Lipinski definition) is 0. The number of esters is 1. The van der Waals surface area contributed by atoms with Gasteiger partial charge in [0.05, 0.1) is 17.8 Å². The number of hydrogen-bond acceptors (Lipinski definition) is 6. The largest absolute Gasteiger partial charge is 0.436 e. The van der Waals surface area contributed by atoms with E-state index in [1.54, 1.807) is 0 Å². The minimum Gasteiger partial charge on any atom is -0.436 e. The zero-order valence-corrected chi connectivity index (χ0v) is 26.0. The van der Waals surface area contributed by atoms with Gasteiger partial charge in [-0.2, -0.15) is 0 Å². The number of rotatable bonds is 7. The van der Waals surface area contributed by atoms with Crippen molar-refractivity contribution in [2.45, 2.75) is 115 Å². The molecule has 6 nitrogen and oxygen atoms in total. The summed E-state index contributed by atoms with van der Waals surface area (Å²) in [5, 5.41) is 2.55. The van der Waals surface area contributed by atoms with Crippen molar-refractivity contribution >= 4 is 24.7 Å². The second kappa shape index (κ2) is 11.3.